The quantitative estimate of drug-likeness (QED) is 0.314. The molecule has 3 rings (SSSR count). The number of amides is 2. The maximum absolute atomic E-state index is 12.8. The molecule has 3 heterocycles. The summed E-state index contributed by atoms with van der Waals surface area (Å²) in [6.07, 6.45) is 0.0620. The summed E-state index contributed by atoms with van der Waals surface area (Å²) in [6.45, 7) is 0.195. The molecule has 0 aliphatic carbocycles. The monoisotopic (exact) mass is 542 g/mol. The first kappa shape index (κ1) is 25.0. The molecule has 0 radical (unpaired) electrons. The summed E-state index contributed by atoms with van der Waals surface area (Å²) in [4.78, 5) is 50.9. The van der Waals surface area contributed by atoms with Crippen molar-refractivity contribution in [3.63, 3.8) is 0 Å². The molecule has 0 bridgehead atoms. The van der Waals surface area contributed by atoms with Crippen LogP contribution in [0, 0.1) is 0 Å². The Kier molecular flexibility index (Phi) is 7.87. The topological polar surface area (TPSA) is 119 Å². The summed E-state index contributed by atoms with van der Waals surface area (Å²) in [5.74, 6) is -2.87. The van der Waals surface area contributed by atoms with Crippen LogP contribution in [0.2, 0.25) is 0 Å². The molecular weight excluding hydrogens is 527 g/mol. The molecule has 0 saturated carbocycles. The minimum absolute atomic E-state index is 0.0620. The van der Waals surface area contributed by atoms with Gasteiger partial charge in [-0.1, -0.05) is 40.9 Å². The molecule has 1 fully saturated rings. The number of ether oxygens (including phenoxy) is 2. The van der Waals surface area contributed by atoms with Crippen molar-refractivity contribution in [2.75, 3.05) is 19.0 Å². The first-order valence-corrected chi connectivity index (χ1v) is 12.5. The van der Waals surface area contributed by atoms with Gasteiger partial charge < -0.3 is 14.8 Å². The van der Waals surface area contributed by atoms with Gasteiger partial charge in [0.1, 0.15) is 30.3 Å². The number of fused-ring (bicyclic) bond motifs is 1. The van der Waals surface area contributed by atoms with E-state index in [9.17, 15) is 23.4 Å². The fourth-order valence-corrected chi connectivity index (χ4v) is 5.69. The predicted octanol–water partition coefficient (Wildman–Crippen LogP) is 1.44. The molecule has 1 aromatic heterocycles. The Balaban J connectivity index is 1.80. The smallest absolute Gasteiger partial charge is 0.355 e. The molecule has 1 aromatic rings. The van der Waals surface area contributed by atoms with E-state index in [1.165, 1.54) is 11.3 Å². The average Bonchev–Trinajstić information content (AvgIpc) is 3.20. The van der Waals surface area contributed by atoms with Crippen LogP contribution in [-0.4, -0.2) is 67.0 Å². The number of β-lactam (4-membered cyclic amide) rings is 1. The fourth-order valence-electron chi connectivity index (χ4n) is 3.15. The zero-order valence-electron chi connectivity index (χ0n) is 16.5. The van der Waals surface area contributed by atoms with Gasteiger partial charge in [-0.05, 0) is 11.4 Å². The van der Waals surface area contributed by atoms with E-state index in [2.05, 4.69) is 5.32 Å². The van der Waals surface area contributed by atoms with E-state index in [0.29, 0.717) is 0 Å². The maximum Gasteiger partial charge on any atom is 0.355 e. The molecule has 3 atom stereocenters. The Morgan fingerprint density at radius 2 is 2.03 bits per heavy atom. The van der Waals surface area contributed by atoms with Crippen molar-refractivity contribution in [2.24, 2.45) is 0 Å². The van der Waals surface area contributed by atoms with Crippen LogP contribution in [0.25, 0.3) is 0 Å². The van der Waals surface area contributed by atoms with Crippen molar-refractivity contribution in [1.82, 2.24) is 10.2 Å². The van der Waals surface area contributed by atoms with E-state index in [-0.39, 0.29) is 30.1 Å². The van der Waals surface area contributed by atoms with Crippen LogP contribution >= 0.6 is 46.1 Å². The number of hydrogen-bond donors (Lipinski definition) is 1. The van der Waals surface area contributed by atoms with E-state index in [1.807, 2.05) is 5.38 Å². The zero-order chi connectivity index (χ0) is 23.6. The predicted molar refractivity (Wildman–Crippen MR) is 119 cm³/mol. The lowest BCUT2D eigenvalue weighted by atomic mass is 10.0. The Morgan fingerprint density at radius 1 is 1.31 bits per heavy atom. The second-order valence-corrected chi connectivity index (χ2v) is 11.9. The molecule has 32 heavy (non-hydrogen) atoms. The molecule has 2 aliphatic rings. The van der Waals surface area contributed by atoms with Crippen molar-refractivity contribution in [2.45, 2.75) is 28.6 Å². The van der Waals surface area contributed by atoms with E-state index in [4.69, 9.17) is 44.3 Å². The number of carbonyl (C=O) groups excluding carboxylic acids is 4. The first-order chi connectivity index (χ1) is 15.0. The summed E-state index contributed by atoms with van der Waals surface area (Å²) >= 11 is 18.2. The van der Waals surface area contributed by atoms with Gasteiger partial charge in [0.25, 0.3) is 5.91 Å². The van der Waals surface area contributed by atoms with Crippen LogP contribution in [0.15, 0.2) is 28.8 Å². The van der Waals surface area contributed by atoms with Crippen molar-refractivity contribution in [1.29, 1.82) is 0 Å². The van der Waals surface area contributed by atoms with Gasteiger partial charge in [-0.3, -0.25) is 23.5 Å². The third-order valence-electron chi connectivity index (χ3n) is 4.45. The SMILES string of the molecule is CC(=O)OCC1=C(C(=O)OCC(Cl)(Cl)Cl)N2C(=O)C(NC(=O)Cc3cccs3)[C@@H]2S(=O)C1. The summed E-state index contributed by atoms with van der Waals surface area (Å²) in [7, 11) is -1.68. The van der Waals surface area contributed by atoms with Crippen LogP contribution in [0.4, 0.5) is 0 Å². The van der Waals surface area contributed by atoms with Gasteiger partial charge in [0.15, 0.2) is 0 Å². The van der Waals surface area contributed by atoms with Crippen molar-refractivity contribution < 1.29 is 32.9 Å². The Morgan fingerprint density at radius 3 is 2.62 bits per heavy atom. The second kappa shape index (κ2) is 10.1. The molecule has 14 heteroatoms. The van der Waals surface area contributed by atoms with Gasteiger partial charge in [-0.2, -0.15) is 0 Å². The van der Waals surface area contributed by atoms with E-state index in [1.54, 1.807) is 12.1 Å². The van der Waals surface area contributed by atoms with Gasteiger partial charge in [0, 0.05) is 17.4 Å². The lowest BCUT2D eigenvalue weighted by Gasteiger charge is -2.49. The van der Waals surface area contributed by atoms with Crippen LogP contribution in [0.3, 0.4) is 0 Å². The van der Waals surface area contributed by atoms with Crippen molar-refractivity contribution in [3.8, 4) is 0 Å². The van der Waals surface area contributed by atoms with Gasteiger partial charge >= 0.3 is 11.9 Å². The Hall–Kier alpha value is -1.66. The van der Waals surface area contributed by atoms with Gasteiger partial charge in [0.05, 0.1) is 23.0 Å². The minimum atomic E-state index is -1.89. The summed E-state index contributed by atoms with van der Waals surface area (Å²) < 4.78 is 20.9. The Bertz CT molecular complexity index is 991. The highest BCUT2D eigenvalue weighted by atomic mass is 35.6. The van der Waals surface area contributed by atoms with Crippen molar-refractivity contribution >= 4 is 80.7 Å². The van der Waals surface area contributed by atoms with Crippen molar-refractivity contribution in [3.05, 3.63) is 33.7 Å². The number of carbonyl (C=O) groups is 4. The number of thiophene rings is 1. The van der Waals surface area contributed by atoms with Gasteiger partial charge in [-0.25, -0.2) is 4.79 Å². The zero-order valence-corrected chi connectivity index (χ0v) is 20.4. The highest BCUT2D eigenvalue weighted by molar-refractivity contribution is 7.86. The standard InChI is InChI=1S/C18H17Cl3N2O7S2/c1-9(24)29-6-10-7-32(28)16-13(22-12(25)5-11-3-2-4-31-11)15(26)23(16)14(10)17(27)30-8-18(19,20)21/h2-4,13,16H,5-8H2,1H3,(H,22,25)/t13?,16-,32?/m0/s1. The molecule has 9 nitrogen and oxygen atoms in total. The molecule has 0 aromatic carbocycles. The summed E-state index contributed by atoms with van der Waals surface area (Å²) in [5, 5.41) is 3.41. The van der Waals surface area contributed by atoms with Crippen LogP contribution in [0.1, 0.15) is 11.8 Å². The largest absolute Gasteiger partial charge is 0.461 e. The molecule has 2 aliphatic heterocycles. The summed E-state index contributed by atoms with van der Waals surface area (Å²) in [6, 6.07) is 2.50. The number of hydrogen-bond acceptors (Lipinski definition) is 8. The number of esters is 2. The molecule has 0 spiro atoms. The van der Waals surface area contributed by atoms with Crippen LogP contribution in [0.5, 0.6) is 0 Å². The van der Waals surface area contributed by atoms with Crippen LogP contribution < -0.4 is 5.32 Å². The number of halogens is 3. The lowest BCUT2D eigenvalue weighted by molar-refractivity contribution is -0.153. The molecular formula is C18H17Cl3N2O7S2. The third-order valence-corrected chi connectivity index (χ3v) is 7.30. The van der Waals surface area contributed by atoms with Gasteiger partial charge in [0.2, 0.25) is 9.70 Å². The molecule has 1 N–H and O–H groups in total. The molecule has 2 amide bonds. The first-order valence-electron chi connectivity index (χ1n) is 9.09. The van der Waals surface area contributed by atoms with E-state index < -0.39 is 56.4 Å². The number of nitrogens with one attached hydrogen (secondary N) is 1. The molecule has 2 unspecified atom stereocenters. The highest BCUT2D eigenvalue weighted by Crippen LogP contribution is 2.36. The average molecular weight is 544 g/mol. The fraction of sp³-hybridized carbons (Fsp3) is 0.444. The number of nitrogens with zero attached hydrogens (tertiary/aromatic N) is 1. The third kappa shape index (κ3) is 5.82. The minimum Gasteiger partial charge on any atom is -0.461 e. The Labute approximate surface area is 204 Å². The van der Waals surface area contributed by atoms with Crippen LogP contribution in [-0.2, 0) is 45.9 Å². The maximum atomic E-state index is 12.8. The molecule has 174 valence electrons. The normalized spacial score (nSPS) is 22.7. The summed E-state index contributed by atoms with van der Waals surface area (Å²) in [5.41, 5.74) is -0.111. The molecule has 1 saturated heterocycles. The van der Waals surface area contributed by atoms with E-state index in [0.717, 1.165) is 16.7 Å². The number of rotatable bonds is 7. The lowest BCUT2D eigenvalue weighted by Crippen LogP contribution is -2.73. The van der Waals surface area contributed by atoms with E-state index >= 15 is 0 Å². The number of alkyl halides is 3. The van der Waals surface area contributed by atoms with Gasteiger partial charge in [-0.15, -0.1) is 11.3 Å². The highest BCUT2D eigenvalue weighted by Gasteiger charge is 2.57. The second-order valence-electron chi connectivity index (χ2n) is 6.85.